The molecule has 0 saturated heterocycles. The van der Waals surface area contributed by atoms with Crippen molar-refractivity contribution < 1.29 is 0 Å². The van der Waals surface area contributed by atoms with E-state index in [1.807, 2.05) is 0 Å². The highest BCUT2D eigenvalue weighted by atomic mass is 35.5. The molecule has 1 heteroatoms. The number of allylic oxidation sites excluding steroid dienone is 2. The summed E-state index contributed by atoms with van der Waals surface area (Å²) < 4.78 is 0. The fraction of sp³-hybridized carbons (Fsp3) is 0.300. The molecule has 0 radical (unpaired) electrons. The van der Waals surface area contributed by atoms with Gasteiger partial charge in [0.25, 0.3) is 0 Å². The molecule has 3 aliphatic rings. The second-order valence-electron chi connectivity index (χ2n) is 6.64. The van der Waals surface area contributed by atoms with Crippen LogP contribution in [-0.2, 0) is 5.41 Å². The van der Waals surface area contributed by atoms with Crippen molar-refractivity contribution in [3.05, 3.63) is 83.9 Å². The molecular weight excluding hydrogens is 276 g/mol. The summed E-state index contributed by atoms with van der Waals surface area (Å²) >= 11 is 6.64. The first-order chi connectivity index (χ1) is 10.3. The maximum absolute atomic E-state index is 6.64. The summed E-state index contributed by atoms with van der Waals surface area (Å²) in [5.74, 6) is 2.45. The summed E-state index contributed by atoms with van der Waals surface area (Å²) in [6, 6.07) is 22.1. The predicted molar refractivity (Wildman–Crippen MR) is 86.4 cm³/mol. The van der Waals surface area contributed by atoms with Crippen molar-refractivity contribution in [2.75, 3.05) is 0 Å². The molecule has 2 aromatic rings. The standard InChI is InChI=1S/C20H17Cl/c21-19-15-11-12-16(19)18-17(15)20(18,13-7-3-1-4-8-13)14-9-5-2-6-10-14/h1-12,15-19H/t15-,16+,17-,18+,19?. The van der Waals surface area contributed by atoms with E-state index in [-0.39, 0.29) is 5.41 Å². The quantitative estimate of drug-likeness (QED) is 0.559. The van der Waals surface area contributed by atoms with Crippen molar-refractivity contribution in [2.45, 2.75) is 10.8 Å². The van der Waals surface area contributed by atoms with Crippen LogP contribution in [0.4, 0.5) is 0 Å². The zero-order chi connectivity index (χ0) is 14.0. The number of alkyl halides is 1. The van der Waals surface area contributed by atoms with Gasteiger partial charge in [-0.25, -0.2) is 0 Å². The van der Waals surface area contributed by atoms with Crippen LogP contribution < -0.4 is 0 Å². The van der Waals surface area contributed by atoms with Gasteiger partial charge in [-0.3, -0.25) is 0 Å². The second-order valence-corrected chi connectivity index (χ2v) is 7.14. The topological polar surface area (TPSA) is 0 Å². The van der Waals surface area contributed by atoms with Gasteiger partial charge in [0.1, 0.15) is 0 Å². The SMILES string of the molecule is ClC1[C@H]2C=C[C@@H]1[C@@H]1[C@H]2C1(c1ccccc1)c1ccccc1. The zero-order valence-corrected chi connectivity index (χ0v) is 12.4. The molecule has 0 nitrogen and oxygen atoms in total. The fourth-order valence-electron chi connectivity index (χ4n) is 5.25. The lowest BCUT2D eigenvalue weighted by molar-refractivity contribution is 0.485. The van der Waals surface area contributed by atoms with Gasteiger partial charge in [-0.1, -0.05) is 72.8 Å². The monoisotopic (exact) mass is 292 g/mol. The highest BCUT2D eigenvalue weighted by Gasteiger charge is 2.77. The Morgan fingerprint density at radius 3 is 1.52 bits per heavy atom. The molecule has 0 amide bonds. The van der Waals surface area contributed by atoms with Crippen molar-refractivity contribution in [3.63, 3.8) is 0 Å². The minimum Gasteiger partial charge on any atom is -0.122 e. The average molecular weight is 293 g/mol. The van der Waals surface area contributed by atoms with Gasteiger partial charge < -0.3 is 0 Å². The summed E-state index contributed by atoms with van der Waals surface area (Å²) in [7, 11) is 0. The summed E-state index contributed by atoms with van der Waals surface area (Å²) in [6.45, 7) is 0. The highest BCUT2D eigenvalue weighted by Crippen LogP contribution is 2.77. The van der Waals surface area contributed by atoms with Gasteiger partial charge in [0.05, 0.1) is 0 Å². The molecule has 0 aromatic heterocycles. The first-order valence-electron chi connectivity index (χ1n) is 7.78. The molecule has 0 aliphatic heterocycles. The van der Waals surface area contributed by atoms with Crippen molar-refractivity contribution in [2.24, 2.45) is 23.7 Å². The molecule has 1 unspecified atom stereocenters. The van der Waals surface area contributed by atoms with E-state index in [4.69, 9.17) is 11.6 Å². The van der Waals surface area contributed by atoms with E-state index in [0.717, 1.165) is 0 Å². The lowest BCUT2D eigenvalue weighted by Gasteiger charge is -2.27. The molecule has 0 heterocycles. The van der Waals surface area contributed by atoms with E-state index >= 15 is 0 Å². The number of fused-ring (bicyclic) bond motifs is 5. The zero-order valence-electron chi connectivity index (χ0n) is 11.7. The molecule has 2 aromatic carbocycles. The minimum atomic E-state index is 0.187. The first-order valence-corrected chi connectivity index (χ1v) is 8.22. The normalized spacial score (nSPS) is 37.5. The van der Waals surface area contributed by atoms with E-state index in [9.17, 15) is 0 Å². The Bertz CT molecular complexity index is 642. The molecule has 104 valence electrons. The van der Waals surface area contributed by atoms with Gasteiger partial charge >= 0.3 is 0 Å². The average Bonchev–Trinajstić information content (AvgIpc) is 3.04. The Morgan fingerprint density at radius 2 is 1.10 bits per heavy atom. The molecule has 21 heavy (non-hydrogen) atoms. The van der Waals surface area contributed by atoms with Gasteiger partial charge in [0.2, 0.25) is 0 Å². The second kappa shape index (κ2) is 4.01. The molecule has 0 N–H and O–H groups in total. The van der Waals surface area contributed by atoms with Gasteiger partial charge in [-0.2, -0.15) is 0 Å². The van der Waals surface area contributed by atoms with Crippen molar-refractivity contribution in [3.8, 4) is 0 Å². The Balaban J connectivity index is 1.70. The summed E-state index contributed by atoms with van der Waals surface area (Å²) in [6.07, 6.45) is 4.74. The minimum absolute atomic E-state index is 0.187. The molecule has 3 aliphatic carbocycles. The Labute approximate surface area is 130 Å². The van der Waals surface area contributed by atoms with E-state index in [1.165, 1.54) is 11.1 Å². The number of hydrogen-bond donors (Lipinski definition) is 0. The summed E-state index contributed by atoms with van der Waals surface area (Å²) in [5.41, 5.74) is 3.12. The van der Waals surface area contributed by atoms with E-state index in [2.05, 4.69) is 72.8 Å². The predicted octanol–water partition coefficient (Wildman–Crippen LogP) is 4.64. The molecule has 2 saturated carbocycles. The van der Waals surface area contributed by atoms with Crippen LogP contribution in [0.3, 0.4) is 0 Å². The fourth-order valence-corrected chi connectivity index (χ4v) is 5.74. The third-order valence-corrected chi connectivity index (χ3v) is 6.53. The van der Waals surface area contributed by atoms with Gasteiger partial charge in [-0.15, -0.1) is 11.6 Å². The number of benzene rings is 2. The van der Waals surface area contributed by atoms with Crippen LogP contribution in [0.2, 0.25) is 0 Å². The molecule has 5 atom stereocenters. The third kappa shape index (κ3) is 1.33. The van der Waals surface area contributed by atoms with Crippen LogP contribution in [0.5, 0.6) is 0 Å². The molecule has 2 fully saturated rings. The largest absolute Gasteiger partial charge is 0.122 e. The lowest BCUT2D eigenvalue weighted by Crippen LogP contribution is -2.26. The van der Waals surface area contributed by atoms with Crippen LogP contribution in [-0.4, -0.2) is 5.38 Å². The Hall–Kier alpha value is -1.53. The highest BCUT2D eigenvalue weighted by molar-refractivity contribution is 6.22. The Morgan fingerprint density at radius 1 is 0.667 bits per heavy atom. The smallest absolute Gasteiger partial charge is 0.0467 e. The third-order valence-electron chi connectivity index (χ3n) is 5.95. The maximum Gasteiger partial charge on any atom is 0.0467 e. The van der Waals surface area contributed by atoms with Crippen molar-refractivity contribution in [1.29, 1.82) is 0 Å². The maximum atomic E-state index is 6.64. The molecule has 2 bridgehead atoms. The summed E-state index contributed by atoms with van der Waals surface area (Å²) in [4.78, 5) is 0. The molecular formula is C20H17Cl. The van der Waals surface area contributed by atoms with Gasteiger partial charge in [0, 0.05) is 10.8 Å². The molecule has 0 spiro atoms. The van der Waals surface area contributed by atoms with Crippen molar-refractivity contribution in [1.82, 2.24) is 0 Å². The van der Waals surface area contributed by atoms with Crippen LogP contribution in [0.1, 0.15) is 11.1 Å². The summed E-state index contributed by atoms with van der Waals surface area (Å²) in [5, 5.41) is 0.320. The number of hydrogen-bond acceptors (Lipinski definition) is 0. The van der Waals surface area contributed by atoms with Crippen LogP contribution in [0.25, 0.3) is 0 Å². The van der Waals surface area contributed by atoms with Gasteiger partial charge in [0.15, 0.2) is 0 Å². The van der Waals surface area contributed by atoms with Crippen LogP contribution >= 0.6 is 11.6 Å². The van der Waals surface area contributed by atoms with Crippen LogP contribution in [0.15, 0.2) is 72.8 Å². The van der Waals surface area contributed by atoms with E-state index < -0.39 is 0 Å². The number of rotatable bonds is 2. The van der Waals surface area contributed by atoms with E-state index in [1.54, 1.807) is 0 Å². The Kier molecular flexibility index (Phi) is 2.31. The van der Waals surface area contributed by atoms with Gasteiger partial charge in [-0.05, 0) is 34.8 Å². The van der Waals surface area contributed by atoms with E-state index in [0.29, 0.717) is 29.0 Å². The number of halogens is 1. The van der Waals surface area contributed by atoms with Crippen LogP contribution in [0, 0.1) is 23.7 Å². The molecule has 5 rings (SSSR count). The van der Waals surface area contributed by atoms with Crippen molar-refractivity contribution >= 4 is 11.6 Å². The first kappa shape index (κ1) is 12.1. The lowest BCUT2D eigenvalue weighted by atomic mass is 9.78.